The van der Waals surface area contributed by atoms with E-state index in [0.717, 1.165) is 11.4 Å². The van der Waals surface area contributed by atoms with Crippen LogP contribution in [-0.2, 0) is 13.5 Å². The van der Waals surface area contributed by atoms with Gasteiger partial charge < -0.3 is 4.98 Å². The zero-order valence-electron chi connectivity index (χ0n) is 8.69. The number of hydrogen-bond acceptors (Lipinski definition) is 3. The van der Waals surface area contributed by atoms with Crippen molar-refractivity contribution >= 4 is 5.78 Å². The highest BCUT2D eigenvalue weighted by atomic mass is 16.1. The van der Waals surface area contributed by atoms with E-state index >= 15 is 0 Å². The van der Waals surface area contributed by atoms with Gasteiger partial charge in [0.25, 0.3) is 0 Å². The van der Waals surface area contributed by atoms with E-state index in [0.29, 0.717) is 12.2 Å². The van der Waals surface area contributed by atoms with Crippen LogP contribution in [-0.4, -0.2) is 25.5 Å². The van der Waals surface area contributed by atoms with Crippen LogP contribution >= 0.6 is 0 Å². The summed E-state index contributed by atoms with van der Waals surface area (Å²) in [7, 11) is 1.83. The van der Waals surface area contributed by atoms with Crippen molar-refractivity contribution in [3.05, 3.63) is 35.7 Å². The van der Waals surface area contributed by atoms with Crippen molar-refractivity contribution in [2.45, 2.75) is 13.3 Å². The molecule has 0 aliphatic carbocycles. The van der Waals surface area contributed by atoms with Crippen LogP contribution in [0.3, 0.4) is 0 Å². The summed E-state index contributed by atoms with van der Waals surface area (Å²) < 4.78 is 1.72. The number of nitrogens with one attached hydrogen (secondary N) is 1. The Bertz CT molecular complexity index is 470. The van der Waals surface area contributed by atoms with Gasteiger partial charge in [0.05, 0.1) is 12.1 Å². The zero-order valence-corrected chi connectivity index (χ0v) is 8.69. The summed E-state index contributed by atoms with van der Waals surface area (Å²) in [4.78, 5) is 18.4. The molecule has 0 saturated carbocycles. The number of H-pyrrole nitrogens is 1. The van der Waals surface area contributed by atoms with Crippen LogP contribution in [0.5, 0.6) is 0 Å². The first kappa shape index (κ1) is 9.64. The van der Waals surface area contributed by atoms with Gasteiger partial charge in [-0.3, -0.25) is 9.48 Å². The smallest absolute Gasteiger partial charge is 0.203 e. The number of hydrogen-bond donors (Lipinski definition) is 1. The van der Waals surface area contributed by atoms with Gasteiger partial charge in [-0.15, -0.1) is 0 Å². The molecule has 0 aromatic carbocycles. The van der Waals surface area contributed by atoms with Crippen molar-refractivity contribution < 1.29 is 4.79 Å². The molecule has 0 saturated heterocycles. The molecule has 0 aliphatic rings. The first-order valence-corrected chi connectivity index (χ1v) is 4.69. The Morgan fingerprint density at radius 2 is 2.40 bits per heavy atom. The summed E-state index contributed by atoms with van der Waals surface area (Å²) in [6, 6.07) is 1.90. The predicted molar refractivity (Wildman–Crippen MR) is 54.6 cm³/mol. The molecule has 0 fully saturated rings. The van der Waals surface area contributed by atoms with E-state index in [1.165, 1.54) is 0 Å². The van der Waals surface area contributed by atoms with Gasteiger partial charge in [-0.1, -0.05) is 0 Å². The van der Waals surface area contributed by atoms with E-state index in [1.807, 2.05) is 20.0 Å². The average Bonchev–Trinajstić information content (AvgIpc) is 2.76. The van der Waals surface area contributed by atoms with Crippen LogP contribution in [0.25, 0.3) is 0 Å². The number of nitrogens with zero attached hydrogens (tertiary/aromatic N) is 3. The number of imidazole rings is 1. The molecule has 0 atom stereocenters. The quantitative estimate of drug-likeness (QED) is 0.755. The number of aryl methyl sites for hydroxylation is 2. The van der Waals surface area contributed by atoms with E-state index < -0.39 is 0 Å². The highest BCUT2D eigenvalue weighted by Gasteiger charge is 2.12. The van der Waals surface area contributed by atoms with Crippen LogP contribution in [0.15, 0.2) is 18.5 Å². The van der Waals surface area contributed by atoms with Crippen molar-refractivity contribution in [1.29, 1.82) is 0 Å². The van der Waals surface area contributed by atoms with Crippen molar-refractivity contribution in [2.24, 2.45) is 7.05 Å². The lowest BCUT2D eigenvalue weighted by Gasteiger charge is -1.98. The normalized spacial score (nSPS) is 10.5. The van der Waals surface area contributed by atoms with Crippen molar-refractivity contribution in [3.63, 3.8) is 0 Å². The zero-order chi connectivity index (χ0) is 10.8. The Hall–Kier alpha value is -1.91. The van der Waals surface area contributed by atoms with Gasteiger partial charge in [-0.05, 0) is 13.0 Å². The molecule has 0 aliphatic heterocycles. The molecule has 15 heavy (non-hydrogen) atoms. The van der Waals surface area contributed by atoms with Gasteiger partial charge in [0.15, 0.2) is 5.82 Å². The third-order valence-corrected chi connectivity index (χ3v) is 2.20. The number of ketones is 1. The fourth-order valence-corrected chi connectivity index (χ4v) is 1.50. The first-order chi connectivity index (χ1) is 7.16. The highest BCUT2D eigenvalue weighted by molar-refractivity contribution is 5.93. The van der Waals surface area contributed by atoms with Crippen LogP contribution < -0.4 is 0 Å². The van der Waals surface area contributed by atoms with Gasteiger partial charge in [0, 0.05) is 25.1 Å². The molecule has 2 aromatic heterocycles. The van der Waals surface area contributed by atoms with E-state index in [2.05, 4.69) is 15.1 Å². The number of carbonyl (C=O) groups is 1. The topological polar surface area (TPSA) is 63.6 Å². The number of rotatable bonds is 3. The molecule has 5 heteroatoms. The molecule has 1 N–H and O–H groups in total. The summed E-state index contributed by atoms with van der Waals surface area (Å²) in [6.45, 7) is 1.90. The van der Waals surface area contributed by atoms with Crippen LogP contribution in [0.1, 0.15) is 22.0 Å². The van der Waals surface area contributed by atoms with Crippen LogP contribution in [0.4, 0.5) is 0 Å². The minimum absolute atomic E-state index is 0.0250. The van der Waals surface area contributed by atoms with E-state index in [1.54, 1.807) is 17.1 Å². The molecule has 2 rings (SSSR count). The Labute approximate surface area is 87.1 Å². The largest absolute Gasteiger partial charge is 0.342 e. The molecule has 78 valence electrons. The van der Waals surface area contributed by atoms with Crippen molar-refractivity contribution in [3.8, 4) is 0 Å². The summed E-state index contributed by atoms with van der Waals surface area (Å²) in [5.41, 5.74) is 1.81. The third-order valence-electron chi connectivity index (χ3n) is 2.20. The van der Waals surface area contributed by atoms with E-state index in [-0.39, 0.29) is 5.78 Å². The third kappa shape index (κ3) is 1.96. The van der Waals surface area contributed by atoms with Crippen LogP contribution in [0.2, 0.25) is 0 Å². The monoisotopic (exact) mass is 204 g/mol. The van der Waals surface area contributed by atoms with Gasteiger partial charge in [-0.25, -0.2) is 4.98 Å². The van der Waals surface area contributed by atoms with Crippen molar-refractivity contribution in [1.82, 2.24) is 19.7 Å². The fourth-order valence-electron chi connectivity index (χ4n) is 1.50. The second-order valence-corrected chi connectivity index (χ2v) is 3.44. The number of aromatic nitrogens is 4. The SMILES string of the molecule is Cc1cc(CC(=O)c2ncc[nH]2)n(C)n1. The molecule has 0 radical (unpaired) electrons. The lowest BCUT2D eigenvalue weighted by Crippen LogP contribution is -2.09. The molecule has 0 bridgehead atoms. The molecular formula is C10H12N4O. The Morgan fingerprint density at radius 3 is 2.93 bits per heavy atom. The first-order valence-electron chi connectivity index (χ1n) is 4.69. The van der Waals surface area contributed by atoms with Gasteiger partial charge >= 0.3 is 0 Å². The second-order valence-electron chi connectivity index (χ2n) is 3.44. The maximum Gasteiger partial charge on any atom is 0.203 e. The van der Waals surface area contributed by atoms with Gasteiger partial charge in [-0.2, -0.15) is 5.10 Å². The van der Waals surface area contributed by atoms with Gasteiger partial charge in [0.2, 0.25) is 5.78 Å². The summed E-state index contributed by atoms with van der Waals surface area (Å²) in [6.07, 6.45) is 3.54. The minimum atomic E-state index is -0.0250. The summed E-state index contributed by atoms with van der Waals surface area (Å²) in [5.74, 6) is 0.372. The van der Waals surface area contributed by atoms with Crippen molar-refractivity contribution in [2.75, 3.05) is 0 Å². The van der Waals surface area contributed by atoms with E-state index in [4.69, 9.17) is 0 Å². The Kier molecular flexibility index (Phi) is 2.37. The molecule has 0 unspecified atom stereocenters. The lowest BCUT2D eigenvalue weighted by molar-refractivity contribution is 0.0982. The minimum Gasteiger partial charge on any atom is -0.342 e. The highest BCUT2D eigenvalue weighted by Crippen LogP contribution is 2.05. The second kappa shape index (κ2) is 3.68. The lowest BCUT2D eigenvalue weighted by atomic mass is 10.2. The predicted octanol–water partition coefficient (Wildman–Crippen LogP) is 0.877. The fraction of sp³-hybridized carbons (Fsp3) is 0.300. The maximum absolute atomic E-state index is 11.7. The molecule has 0 amide bonds. The number of Topliss-reactive ketones (excluding diaryl/α,β-unsaturated/α-hetero) is 1. The molecular weight excluding hydrogens is 192 g/mol. The Balaban J connectivity index is 2.16. The maximum atomic E-state index is 11.7. The Morgan fingerprint density at radius 1 is 1.60 bits per heavy atom. The van der Waals surface area contributed by atoms with Crippen LogP contribution in [0, 0.1) is 6.92 Å². The molecule has 2 aromatic rings. The van der Waals surface area contributed by atoms with E-state index in [9.17, 15) is 4.79 Å². The standard InChI is InChI=1S/C10H12N4O/c1-7-5-8(14(2)13-7)6-9(15)10-11-3-4-12-10/h3-5H,6H2,1-2H3,(H,11,12). The summed E-state index contributed by atoms with van der Waals surface area (Å²) >= 11 is 0. The summed E-state index contributed by atoms with van der Waals surface area (Å²) in [5, 5.41) is 4.18. The molecule has 2 heterocycles. The molecule has 5 nitrogen and oxygen atoms in total. The number of aromatic amines is 1. The molecule has 0 spiro atoms. The average molecular weight is 204 g/mol. The van der Waals surface area contributed by atoms with Gasteiger partial charge in [0.1, 0.15) is 0 Å². The number of carbonyl (C=O) groups excluding carboxylic acids is 1.